The normalized spacial score (nSPS) is 19.6. The molecule has 4 nitrogen and oxygen atoms in total. The molecule has 0 bridgehead atoms. The third kappa shape index (κ3) is 0.753. The van der Waals surface area contributed by atoms with Crippen molar-refractivity contribution in [3.63, 3.8) is 0 Å². The van der Waals surface area contributed by atoms with Crippen LogP contribution in [0.3, 0.4) is 0 Å². The fourth-order valence-corrected chi connectivity index (χ4v) is 1.21. The van der Waals surface area contributed by atoms with E-state index in [0.717, 1.165) is 12.8 Å². The third-order valence-electron chi connectivity index (χ3n) is 2.12. The molecule has 0 aliphatic heterocycles. The first-order valence-electron chi connectivity index (χ1n) is 3.47. The van der Waals surface area contributed by atoms with Gasteiger partial charge in [0.1, 0.15) is 5.54 Å². The minimum absolute atomic E-state index is 0.656. The summed E-state index contributed by atoms with van der Waals surface area (Å²) in [5.41, 5.74) is -0.656. The summed E-state index contributed by atoms with van der Waals surface area (Å²) >= 11 is 0. The molecule has 1 heterocycles. The largest absolute Gasteiger partial charge is 0.479 e. The number of nitrogens with zero attached hydrogens (tertiary/aromatic N) is 2. The fourth-order valence-electron chi connectivity index (χ4n) is 1.21. The predicted octanol–water partition coefficient (Wildman–Crippen LogP) is 0.457. The predicted molar refractivity (Wildman–Crippen MR) is 37.1 cm³/mol. The molecule has 1 aliphatic rings. The molecule has 0 spiro atoms. The van der Waals surface area contributed by atoms with E-state index in [-0.39, 0.29) is 0 Å². The van der Waals surface area contributed by atoms with Crippen molar-refractivity contribution in [2.75, 3.05) is 0 Å². The molecule has 1 aromatic rings. The molecule has 0 unspecified atom stereocenters. The van der Waals surface area contributed by atoms with Gasteiger partial charge < -0.3 is 9.67 Å². The zero-order valence-corrected chi connectivity index (χ0v) is 5.90. The molecular weight excluding hydrogens is 144 g/mol. The Kier molecular flexibility index (Phi) is 1.07. The zero-order chi connectivity index (χ0) is 7.90. The molecule has 1 fully saturated rings. The number of rotatable bonds is 2. The summed E-state index contributed by atoms with van der Waals surface area (Å²) in [4.78, 5) is 14.5. The fraction of sp³-hybridized carbons (Fsp3) is 0.429. The maximum absolute atomic E-state index is 10.7. The number of carboxylic acid groups (broad SMARTS) is 1. The van der Waals surface area contributed by atoms with Crippen LogP contribution in [0.1, 0.15) is 12.8 Å². The summed E-state index contributed by atoms with van der Waals surface area (Å²) in [6, 6.07) is 0. The van der Waals surface area contributed by atoms with Crippen molar-refractivity contribution in [3.05, 3.63) is 18.7 Å². The molecule has 1 saturated carbocycles. The summed E-state index contributed by atoms with van der Waals surface area (Å²) in [5, 5.41) is 8.83. The second-order valence-corrected chi connectivity index (χ2v) is 2.81. The van der Waals surface area contributed by atoms with Crippen LogP contribution in [-0.2, 0) is 10.3 Å². The minimum atomic E-state index is -0.754. The van der Waals surface area contributed by atoms with Crippen molar-refractivity contribution in [2.24, 2.45) is 0 Å². The standard InChI is InChI=1S/C7H8N2O2/c10-6(11)7(1-2-7)9-4-3-8-5-9/h3-5H,1-2H2,(H,10,11). The molecule has 0 saturated heterocycles. The van der Waals surface area contributed by atoms with Gasteiger partial charge in [-0.15, -0.1) is 0 Å². The van der Waals surface area contributed by atoms with Crippen LogP contribution in [0.25, 0.3) is 0 Å². The first-order chi connectivity index (χ1) is 5.26. The van der Waals surface area contributed by atoms with Crippen molar-refractivity contribution < 1.29 is 9.90 Å². The second-order valence-electron chi connectivity index (χ2n) is 2.81. The van der Waals surface area contributed by atoms with Gasteiger partial charge in [-0.2, -0.15) is 0 Å². The lowest BCUT2D eigenvalue weighted by Gasteiger charge is -2.09. The van der Waals surface area contributed by atoms with Crippen LogP contribution in [0.15, 0.2) is 18.7 Å². The Balaban J connectivity index is 2.36. The lowest BCUT2D eigenvalue weighted by Crippen LogP contribution is -2.25. The van der Waals surface area contributed by atoms with E-state index < -0.39 is 11.5 Å². The lowest BCUT2D eigenvalue weighted by atomic mass is 10.3. The topological polar surface area (TPSA) is 55.1 Å². The molecular formula is C7H8N2O2. The van der Waals surface area contributed by atoms with Crippen molar-refractivity contribution in [1.82, 2.24) is 9.55 Å². The number of hydrogen-bond donors (Lipinski definition) is 1. The first kappa shape index (κ1) is 6.39. The zero-order valence-electron chi connectivity index (χ0n) is 5.90. The summed E-state index contributed by atoms with van der Waals surface area (Å²) in [7, 11) is 0. The van der Waals surface area contributed by atoms with Crippen molar-refractivity contribution in [3.8, 4) is 0 Å². The van der Waals surface area contributed by atoms with Crippen LogP contribution in [0.5, 0.6) is 0 Å². The monoisotopic (exact) mass is 152 g/mol. The SMILES string of the molecule is O=C(O)C1(n2ccnc2)CC1. The molecule has 0 radical (unpaired) electrons. The average Bonchev–Trinajstić information content (AvgIpc) is 2.61. The van der Waals surface area contributed by atoms with Crippen LogP contribution >= 0.6 is 0 Å². The van der Waals surface area contributed by atoms with Crippen LogP contribution < -0.4 is 0 Å². The van der Waals surface area contributed by atoms with Crippen LogP contribution in [-0.4, -0.2) is 20.6 Å². The molecule has 1 aliphatic carbocycles. The molecule has 58 valence electrons. The molecule has 1 N–H and O–H groups in total. The maximum atomic E-state index is 10.7. The van der Waals surface area contributed by atoms with Crippen molar-refractivity contribution in [1.29, 1.82) is 0 Å². The highest BCUT2D eigenvalue weighted by Crippen LogP contribution is 2.43. The molecule has 1 aromatic heterocycles. The van der Waals surface area contributed by atoms with Gasteiger partial charge in [0, 0.05) is 12.4 Å². The van der Waals surface area contributed by atoms with E-state index in [9.17, 15) is 4.79 Å². The van der Waals surface area contributed by atoms with E-state index in [1.54, 1.807) is 23.3 Å². The lowest BCUT2D eigenvalue weighted by molar-refractivity contribution is -0.142. The molecule has 11 heavy (non-hydrogen) atoms. The quantitative estimate of drug-likeness (QED) is 0.669. The smallest absolute Gasteiger partial charge is 0.329 e. The minimum Gasteiger partial charge on any atom is -0.479 e. The second kappa shape index (κ2) is 1.84. The highest BCUT2D eigenvalue weighted by molar-refractivity contribution is 5.80. The van der Waals surface area contributed by atoms with Crippen LogP contribution in [0, 0.1) is 0 Å². The van der Waals surface area contributed by atoms with Gasteiger partial charge in [-0.3, -0.25) is 0 Å². The van der Waals surface area contributed by atoms with Gasteiger partial charge in [-0.25, -0.2) is 9.78 Å². The van der Waals surface area contributed by atoms with Gasteiger partial charge in [0.05, 0.1) is 6.33 Å². The summed E-state index contributed by atoms with van der Waals surface area (Å²) < 4.78 is 1.66. The molecule has 4 heteroatoms. The van der Waals surface area contributed by atoms with E-state index in [1.807, 2.05) is 0 Å². The molecule has 0 aromatic carbocycles. The third-order valence-corrected chi connectivity index (χ3v) is 2.12. The number of carbonyl (C=O) groups is 1. The van der Waals surface area contributed by atoms with E-state index in [0.29, 0.717) is 0 Å². The van der Waals surface area contributed by atoms with Gasteiger partial charge in [0.25, 0.3) is 0 Å². The van der Waals surface area contributed by atoms with Crippen molar-refractivity contribution >= 4 is 5.97 Å². The Hall–Kier alpha value is -1.32. The molecule has 0 atom stereocenters. The summed E-state index contributed by atoms with van der Waals surface area (Å²) in [6.45, 7) is 0. The van der Waals surface area contributed by atoms with E-state index >= 15 is 0 Å². The number of carboxylic acids is 1. The number of hydrogen-bond acceptors (Lipinski definition) is 2. The van der Waals surface area contributed by atoms with E-state index in [1.165, 1.54) is 0 Å². The van der Waals surface area contributed by atoms with E-state index in [2.05, 4.69) is 4.98 Å². The van der Waals surface area contributed by atoms with Gasteiger partial charge in [-0.05, 0) is 12.8 Å². The Bertz CT molecular complexity index is 275. The van der Waals surface area contributed by atoms with Gasteiger partial charge in [0.15, 0.2) is 0 Å². The van der Waals surface area contributed by atoms with Crippen molar-refractivity contribution in [2.45, 2.75) is 18.4 Å². The summed E-state index contributed by atoms with van der Waals surface area (Å²) in [5.74, 6) is -0.754. The van der Waals surface area contributed by atoms with Crippen LogP contribution in [0.4, 0.5) is 0 Å². The van der Waals surface area contributed by atoms with Gasteiger partial charge >= 0.3 is 5.97 Å². The average molecular weight is 152 g/mol. The molecule has 0 amide bonds. The van der Waals surface area contributed by atoms with Gasteiger partial charge in [-0.1, -0.05) is 0 Å². The number of aromatic nitrogens is 2. The highest BCUT2D eigenvalue weighted by Gasteiger charge is 2.51. The number of imidazole rings is 1. The Morgan fingerprint density at radius 2 is 2.36 bits per heavy atom. The van der Waals surface area contributed by atoms with Crippen LogP contribution in [0.2, 0.25) is 0 Å². The summed E-state index contributed by atoms with van der Waals surface area (Å²) in [6.07, 6.45) is 6.29. The van der Waals surface area contributed by atoms with E-state index in [4.69, 9.17) is 5.11 Å². The Labute approximate surface area is 63.5 Å². The highest BCUT2D eigenvalue weighted by atomic mass is 16.4. The Morgan fingerprint density at radius 3 is 2.73 bits per heavy atom. The Morgan fingerprint density at radius 1 is 1.64 bits per heavy atom. The maximum Gasteiger partial charge on any atom is 0.329 e. The molecule has 2 rings (SSSR count). The number of aliphatic carboxylic acids is 1. The first-order valence-corrected chi connectivity index (χ1v) is 3.47. The van der Waals surface area contributed by atoms with Gasteiger partial charge in [0.2, 0.25) is 0 Å².